The van der Waals surface area contributed by atoms with Crippen LogP contribution >= 0.6 is 0 Å². The topological polar surface area (TPSA) is 78.6 Å². The third kappa shape index (κ3) is 3.74. The van der Waals surface area contributed by atoms with Crippen LogP contribution in [0.5, 0.6) is 11.5 Å². The maximum atomic E-state index is 11.3. The van der Waals surface area contributed by atoms with Crippen LogP contribution in [0.25, 0.3) is 0 Å². The molecule has 0 aromatic heterocycles. The monoisotopic (exact) mass is 307 g/mol. The summed E-state index contributed by atoms with van der Waals surface area (Å²) < 4.78 is 33.6. The lowest BCUT2D eigenvalue weighted by atomic mass is 10.2. The van der Waals surface area contributed by atoms with Crippen molar-refractivity contribution in [3.63, 3.8) is 0 Å². The highest BCUT2D eigenvalue weighted by molar-refractivity contribution is 7.89. The molecule has 0 saturated carbocycles. The van der Waals surface area contributed by atoms with Crippen molar-refractivity contribution in [3.8, 4) is 11.5 Å². The summed E-state index contributed by atoms with van der Waals surface area (Å²) in [6.45, 7) is 2.01. The van der Waals surface area contributed by atoms with Crippen molar-refractivity contribution in [2.45, 2.75) is 18.4 Å². The molecule has 0 unspecified atom stereocenters. The lowest BCUT2D eigenvalue weighted by Gasteiger charge is -2.11. The van der Waals surface area contributed by atoms with Crippen molar-refractivity contribution in [2.75, 3.05) is 7.11 Å². The van der Waals surface area contributed by atoms with Gasteiger partial charge in [-0.1, -0.05) is 18.2 Å². The zero-order valence-corrected chi connectivity index (χ0v) is 12.7. The fraction of sp³-hybridized carbons (Fsp3) is 0.200. The minimum Gasteiger partial charge on any atom is -0.496 e. The Labute approximate surface area is 124 Å². The minimum atomic E-state index is -3.70. The Bertz CT molecular complexity index is 741. The van der Waals surface area contributed by atoms with Gasteiger partial charge in [-0.25, -0.2) is 13.6 Å². The van der Waals surface area contributed by atoms with E-state index in [0.29, 0.717) is 17.9 Å². The number of methoxy groups -OCH3 is 1. The summed E-state index contributed by atoms with van der Waals surface area (Å²) in [5, 5.41) is 5.13. The molecule has 0 spiro atoms. The van der Waals surface area contributed by atoms with E-state index in [2.05, 4.69) is 0 Å². The summed E-state index contributed by atoms with van der Waals surface area (Å²) >= 11 is 0. The van der Waals surface area contributed by atoms with Gasteiger partial charge in [0.1, 0.15) is 18.1 Å². The first kappa shape index (κ1) is 15.3. The van der Waals surface area contributed by atoms with Gasteiger partial charge in [-0.2, -0.15) is 0 Å². The van der Waals surface area contributed by atoms with E-state index in [1.54, 1.807) is 26.2 Å². The van der Waals surface area contributed by atoms with E-state index >= 15 is 0 Å². The molecule has 0 saturated heterocycles. The van der Waals surface area contributed by atoms with Crippen LogP contribution in [0.3, 0.4) is 0 Å². The second-order valence-corrected chi connectivity index (χ2v) is 6.10. The number of ether oxygens (including phenoxy) is 2. The zero-order valence-electron chi connectivity index (χ0n) is 11.9. The van der Waals surface area contributed by atoms with Crippen LogP contribution in [0, 0.1) is 6.92 Å². The Hall–Kier alpha value is -2.05. The molecular weight excluding hydrogens is 290 g/mol. The molecule has 112 valence electrons. The number of para-hydroxylation sites is 1. The van der Waals surface area contributed by atoms with E-state index in [1.165, 1.54) is 6.07 Å². The number of hydrogen-bond acceptors (Lipinski definition) is 4. The summed E-state index contributed by atoms with van der Waals surface area (Å²) in [6.07, 6.45) is 0. The highest BCUT2D eigenvalue weighted by Gasteiger charge is 2.12. The predicted molar refractivity (Wildman–Crippen MR) is 79.9 cm³/mol. The lowest BCUT2D eigenvalue weighted by molar-refractivity contribution is 0.296. The molecule has 6 heteroatoms. The molecule has 0 heterocycles. The van der Waals surface area contributed by atoms with Gasteiger partial charge in [0.15, 0.2) is 0 Å². The third-order valence-corrected chi connectivity index (χ3v) is 4.11. The number of rotatable bonds is 5. The molecule has 0 bridgehead atoms. The first-order valence-corrected chi connectivity index (χ1v) is 7.84. The SMILES string of the molecule is COc1ccccc1COc1ccc(S(N)(=O)=O)c(C)c1. The molecular formula is C15H17NO4S. The molecule has 2 aromatic rings. The van der Waals surface area contributed by atoms with Crippen molar-refractivity contribution in [3.05, 3.63) is 53.6 Å². The van der Waals surface area contributed by atoms with Gasteiger partial charge in [-0.15, -0.1) is 0 Å². The molecule has 2 aromatic carbocycles. The maximum Gasteiger partial charge on any atom is 0.238 e. The van der Waals surface area contributed by atoms with Crippen molar-refractivity contribution < 1.29 is 17.9 Å². The molecule has 0 aliphatic rings. The summed E-state index contributed by atoms with van der Waals surface area (Å²) in [6, 6.07) is 12.2. The van der Waals surface area contributed by atoms with Crippen LogP contribution < -0.4 is 14.6 Å². The molecule has 21 heavy (non-hydrogen) atoms. The quantitative estimate of drug-likeness (QED) is 0.918. The Balaban J connectivity index is 2.16. The van der Waals surface area contributed by atoms with Crippen LogP contribution in [-0.2, 0) is 16.6 Å². The van der Waals surface area contributed by atoms with Crippen LogP contribution in [-0.4, -0.2) is 15.5 Å². The smallest absolute Gasteiger partial charge is 0.238 e. The van der Waals surface area contributed by atoms with E-state index in [0.717, 1.165) is 11.3 Å². The van der Waals surface area contributed by atoms with E-state index in [4.69, 9.17) is 14.6 Å². The molecule has 0 aliphatic heterocycles. The van der Waals surface area contributed by atoms with Gasteiger partial charge in [-0.05, 0) is 36.8 Å². The Morgan fingerprint density at radius 3 is 2.48 bits per heavy atom. The van der Waals surface area contributed by atoms with E-state index in [9.17, 15) is 8.42 Å². The van der Waals surface area contributed by atoms with E-state index in [-0.39, 0.29) is 4.90 Å². The molecule has 5 nitrogen and oxygen atoms in total. The second-order valence-electron chi connectivity index (χ2n) is 4.57. The van der Waals surface area contributed by atoms with Crippen molar-refractivity contribution in [1.29, 1.82) is 0 Å². The van der Waals surface area contributed by atoms with Crippen molar-refractivity contribution in [2.24, 2.45) is 5.14 Å². The summed E-state index contributed by atoms with van der Waals surface area (Å²) in [5.41, 5.74) is 1.46. The Kier molecular flexibility index (Phi) is 4.50. The van der Waals surface area contributed by atoms with Crippen molar-refractivity contribution in [1.82, 2.24) is 0 Å². The Morgan fingerprint density at radius 1 is 1.14 bits per heavy atom. The number of nitrogens with two attached hydrogens (primary N) is 1. The molecule has 0 atom stereocenters. The number of hydrogen-bond donors (Lipinski definition) is 1. The lowest BCUT2D eigenvalue weighted by Crippen LogP contribution is -2.13. The fourth-order valence-corrected chi connectivity index (χ4v) is 2.78. The Morgan fingerprint density at radius 2 is 1.86 bits per heavy atom. The second kappa shape index (κ2) is 6.15. The number of aryl methyl sites for hydroxylation is 1. The van der Waals surface area contributed by atoms with E-state index < -0.39 is 10.0 Å². The van der Waals surface area contributed by atoms with Crippen molar-refractivity contribution >= 4 is 10.0 Å². The first-order chi connectivity index (χ1) is 9.91. The molecule has 2 rings (SSSR count). The number of sulfonamides is 1. The molecule has 0 fully saturated rings. The normalized spacial score (nSPS) is 11.2. The zero-order chi connectivity index (χ0) is 15.5. The number of benzene rings is 2. The van der Waals surface area contributed by atoms with E-state index in [1.807, 2.05) is 24.3 Å². The molecule has 2 N–H and O–H groups in total. The van der Waals surface area contributed by atoms with Crippen LogP contribution in [0.2, 0.25) is 0 Å². The summed E-state index contributed by atoms with van der Waals surface area (Å²) in [4.78, 5) is 0.104. The van der Waals surface area contributed by atoms with Gasteiger partial charge in [0.2, 0.25) is 10.0 Å². The standard InChI is InChI=1S/C15H17NO4S/c1-11-9-13(7-8-15(11)21(16,17)18)20-10-12-5-3-4-6-14(12)19-2/h3-9H,10H2,1-2H3,(H2,16,17,18). The maximum absolute atomic E-state index is 11.3. The van der Waals surface area contributed by atoms with Crippen LogP contribution in [0.1, 0.15) is 11.1 Å². The predicted octanol–water partition coefficient (Wildman–Crippen LogP) is 2.23. The number of primary sulfonamides is 1. The fourth-order valence-electron chi connectivity index (χ4n) is 2.01. The molecule has 0 radical (unpaired) electrons. The van der Waals surface area contributed by atoms with Gasteiger partial charge in [0.25, 0.3) is 0 Å². The average Bonchev–Trinajstić information content (AvgIpc) is 2.44. The molecule has 0 aliphatic carbocycles. The van der Waals surface area contributed by atoms with Crippen LogP contribution in [0.15, 0.2) is 47.4 Å². The van der Waals surface area contributed by atoms with Gasteiger partial charge in [0, 0.05) is 5.56 Å². The molecule has 0 amide bonds. The highest BCUT2D eigenvalue weighted by atomic mass is 32.2. The third-order valence-electron chi connectivity index (χ3n) is 3.04. The van der Waals surface area contributed by atoms with Gasteiger partial charge >= 0.3 is 0 Å². The summed E-state index contributed by atoms with van der Waals surface area (Å²) in [7, 11) is -2.10. The van der Waals surface area contributed by atoms with Crippen LogP contribution in [0.4, 0.5) is 0 Å². The largest absolute Gasteiger partial charge is 0.496 e. The summed E-state index contributed by atoms with van der Waals surface area (Å²) in [5.74, 6) is 1.32. The minimum absolute atomic E-state index is 0.104. The first-order valence-electron chi connectivity index (χ1n) is 6.30. The van der Waals surface area contributed by atoms with Gasteiger partial charge in [-0.3, -0.25) is 0 Å². The van der Waals surface area contributed by atoms with Gasteiger partial charge < -0.3 is 9.47 Å². The average molecular weight is 307 g/mol. The highest BCUT2D eigenvalue weighted by Crippen LogP contribution is 2.23. The van der Waals surface area contributed by atoms with Gasteiger partial charge in [0.05, 0.1) is 12.0 Å².